The van der Waals surface area contributed by atoms with Crippen molar-refractivity contribution in [2.45, 2.75) is 18.1 Å². The predicted octanol–water partition coefficient (Wildman–Crippen LogP) is -4.67. The van der Waals surface area contributed by atoms with Gasteiger partial charge in [0.2, 0.25) is 23.4 Å². The Morgan fingerprint density at radius 3 is 2.00 bits per heavy atom. The maximum Gasteiger partial charge on any atom is 0.245 e. The highest BCUT2D eigenvalue weighted by Gasteiger charge is 2.28. The summed E-state index contributed by atoms with van der Waals surface area (Å²) in [5, 5.41) is 31.5. The number of amides is 2. The molecule has 1 heterocycles. The third-order valence-electron chi connectivity index (χ3n) is 2.88. The Bertz CT molecular complexity index is 570. The number of rotatable bonds is 9. The largest absolute Gasteiger partial charge is 0.394 e. The quantitative estimate of drug-likeness (QED) is 0.237. The van der Waals surface area contributed by atoms with Crippen LogP contribution in [0.25, 0.3) is 0 Å². The molecule has 0 fully saturated rings. The van der Waals surface area contributed by atoms with Gasteiger partial charge in [0, 0.05) is 0 Å². The van der Waals surface area contributed by atoms with Crippen molar-refractivity contribution in [2.24, 2.45) is 5.73 Å². The molecule has 0 aliphatic carbocycles. The summed E-state index contributed by atoms with van der Waals surface area (Å²) < 4.78 is 0. The highest BCUT2D eigenvalue weighted by atomic mass is 16.3. The zero-order valence-electron chi connectivity index (χ0n) is 12.5. The minimum atomic E-state index is -1.42. The Balaban J connectivity index is 2.74. The van der Waals surface area contributed by atoms with Gasteiger partial charge in [0.15, 0.2) is 0 Å². The van der Waals surface area contributed by atoms with Gasteiger partial charge in [-0.1, -0.05) is 0 Å². The smallest absolute Gasteiger partial charge is 0.245 e. The second-order valence-electron chi connectivity index (χ2n) is 4.60. The minimum absolute atomic E-state index is 0.267. The molecule has 7 N–H and O–H groups in total. The molecule has 12 heteroatoms. The van der Waals surface area contributed by atoms with Crippen LogP contribution in [0.5, 0.6) is 0 Å². The average molecular weight is 342 g/mol. The number of aromatic nitrogens is 3. The van der Waals surface area contributed by atoms with Gasteiger partial charge in [-0.3, -0.25) is 14.4 Å². The lowest BCUT2D eigenvalue weighted by Crippen LogP contribution is -2.57. The van der Waals surface area contributed by atoms with Crippen LogP contribution in [-0.4, -0.2) is 85.8 Å². The number of aliphatic hydroxyl groups is 3. The third-order valence-corrected chi connectivity index (χ3v) is 2.88. The molecule has 3 atom stereocenters. The standard InChI is InChI=1S/C12H18N6O6/c13-6(1-19)11(23)18-8(3-21)12(24)17-7(2-20)9(22)10-15-4-14-5-16-10/h4-8,19-21H,1-3,13H2,(H,17,24)(H,18,23)/t6-,7-,8-/m0/s1. The van der Waals surface area contributed by atoms with E-state index in [-0.39, 0.29) is 5.82 Å². The molecule has 12 nitrogen and oxygen atoms in total. The Kier molecular flexibility index (Phi) is 7.77. The summed E-state index contributed by atoms with van der Waals surface area (Å²) in [6.45, 7) is -2.19. The molecule has 0 aliphatic rings. The summed E-state index contributed by atoms with van der Waals surface area (Å²) in [5.74, 6) is -2.84. The topological polar surface area (TPSA) is 201 Å². The molecule has 2 amide bonds. The number of ketones is 1. The van der Waals surface area contributed by atoms with Crippen molar-refractivity contribution in [2.75, 3.05) is 19.8 Å². The molecule has 24 heavy (non-hydrogen) atoms. The molecule has 0 spiro atoms. The fourth-order valence-electron chi connectivity index (χ4n) is 1.54. The Morgan fingerprint density at radius 1 is 0.958 bits per heavy atom. The fourth-order valence-corrected chi connectivity index (χ4v) is 1.54. The van der Waals surface area contributed by atoms with Gasteiger partial charge in [-0.05, 0) is 0 Å². The molecule has 1 aromatic rings. The average Bonchev–Trinajstić information content (AvgIpc) is 2.62. The molecule has 0 bridgehead atoms. The molecule has 0 saturated heterocycles. The Morgan fingerprint density at radius 2 is 1.50 bits per heavy atom. The normalized spacial score (nSPS) is 14.3. The summed E-state index contributed by atoms with van der Waals surface area (Å²) in [5.41, 5.74) is 5.28. The number of nitrogens with one attached hydrogen (secondary N) is 2. The molecule has 0 aromatic carbocycles. The SMILES string of the molecule is N[C@@H](CO)C(=O)N[C@@H](CO)C(=O)N[C@@H](CO)C(=O)c1ncncn1. The first-order valence-corrected chi connectivity index (χ1v) is 6.79. The van der Waals surface area contributed by atoms with Crippen LogP contribution in [0.2, 0.25) is 0 Å². The summed E-state index contributed by atoms with van der Waals surface area (Å²) >= 11 is 0. The van der Waals surface area contributed by atoms with E-state index in [0.717, 1.165) is 12.7 Å². The van der Waals surface area contributed by atoms with Crippen molar-refractivity contribution in [3.05, 3.63) is 18.5 Å². The van der Waals surface area contributed by atoms with Crippen LogP contribution in [-0.2, 0) is 9.59 Å². The number of hydrogen-bond acceptors (Lipinski definition) is 10. The Hall–Kier alpha value is -2.54. The first-order chi connectivity index (χ1) is 11.4. The van der Waals surface area contributed by atoms with Crippen molar-refractivity contribution < 1.29 is 29.7 Å². The number of carbonyl (C=O) groups is 3. The van der Waals surface area contributed by atoms with E-state index in [9.17, 15) is 24.6 Å². The molecule has 0 aliphatic heterocycles. The number of Topliss-reactive ketones (excluding diaryl/α,β-unsaturated/α-hetero) is 1. The van der Waals surface area contributed by atoms with Gasteiger partial charge >= 0.3 is 0 Å². The summed E-state index contributed by atoms with van der Waals surface area (Å²) in [7, 11) is 0. The zero-order valence-corrected chi connectivity index (χ0v) is 12.5. The van der Waals surface area contributed by atoms with Crippen LogP contribution >= 0.6 is 0 Å². The van der Waals surface area contributed by atoms with Crippen LogP contribution in [0.4, 0.5) is 0 Å². The highest BCUT2D eigenvalue weighted by molar-refractivity contribution is 6.00. The van der Waals surface area contributed by atoms with Crippen LogP contribution in [0, 0.1) is 0 Å². The molecule has 132 valence electrons. The van der Waals surface area contributed by atoms with Gasteiger partial charge < -0.3 is 31.7 Å². The van der Waals surface area contributed by atoms with Gasteiger partial charge in [0.05, 0.1) is 19.8 Å². The van der Waals surface area contributed by atoms with E-state index >= 15 is 0 Å². The van der Waals surface area contributed by atoms with Crippen molar-refractivity contribution in [3.8, 4) is 0 Å². The van der Waals surface area contributed by atoms with Crippen LogP contribution in [0.1, 0.15) is 10.6 Å². The first-order valence-electron chi connectivity index (χ1n) is 6.79. The number of nitrogens with two attached hydrogens (primary N) is 1. The van der Waals surface area contributed by atoms with Crippen LogP contribution in [0.15, 0.2) is 12.7 Å². The van der Waals surface area contributed by atoms with Gasteiger partial charge in [0.1, 0.15) is 30.8 Å². The fraction of sp³-hybridized carbons (Fsp3) is 0.500. The number of aliphatic hydroxyl groups excluding tert-OH is 3. The van der Waals surface area contributed by atoms with Crippen molar-refractivity contribution in [1.82, 2.24) is 25.6 Å². The second-order valence-corrected chi connectivity index (χ2v) is 4.60. The lowest BCUT2D eigenvalue weighted by molar-refractivity contribution is -0.131. The number of nitrogens with zero attached hydrogens (tertiary/aromatic N) is 3. The van der Waals surface area contributed by atoms with E-state index in [1.54, 1.807) is 0 Å². The van der Waals surface area contributed by atoms with E-state index in [1.807, 2.05) is 0 Å². The van der Waals surface area contributed by atoms with E-state index < -0.39 is 55.5 Å². The monoisotopic (exact) mass is 342 g/mol. The zero-order chi connectivity index (χ0) is 18.1. The van der Waals surface area contributed by atoms with Crippen molar-refractivity contribution in [1.29, 1.82) is 0 Å². The van der Waals surface area contributed by atoms with Crippen LogP contribution < -0.4 is 16.4 Å². The van der Waals surface area contributed by atoms with E-state index in [1.165, 1.54) is 0 Å². The molecule has 1 rings (SSSR count). The van der Waals surface area contributed by atoms with E-state index in [2.05, 4.69) is 25.6 Å². The van der Waals surface area contributed by atoms with E-state index in [4.69, 9.17) is 10.8 Å². The van der Waals surface area contributed by atoms with Gasteiger partial charge in [-0.25, -0.2) is 15.0 Å². The lowest BCUT2D eigenvalue weighted by atomic mass is 10.1. The maximum atomic E-state index is 12.1. The summed E-state index contributed by atoms with van der Waals surface area (Å²) in [4.78, 5) is 46.4. The number of hydrogen-bond donors (Lipinski definition) is 6. The molecule has 0 radical (unpaired) electrons. The summed E-state index contributed by atoms with van der Waals surface area (Å²) in [6.07, 6.45) is 2.15. The minimum Gasteiger partial charge on any atom is -0.394 e. The predicted molar refractivity (Wildman–Crippen MR) is 77.3 cm³/mol. The maximum absolute atomic E-state index is 12.1. The lowest BCUT2D eigenvalue weighted by Gasteiger charge is -2.21. The highest BCUT2D eigenvalue weighted by Crippen LogP contribution is 1.97. The van der Waals surface area contributed by atoms with Gasteiger partial charge in [-0.15, -0.1) is 0 Å². The molecular weight excluding hydrogens is 324 g/mol. The molecule has 1 aromatic heterocycles. The Labute approximate surface area is 136 Å². The van der Waals surface area contributed by atoms with Gasteiger partial charge in [0.25, 0.3) is 0 Å². The number of carbonyl (C=O) groups excluding carboxylic acids is 3. The van der Waals surface area contributed by atoms with Gasteiger partial charge in [-0.2, -0.15) is 0 Å². The van der Waals surface area contributed by atoms with Crippen molar-refractivity contribution >= 4 is 17.6 Å². The third kappa shape index (κ3) is 5.27. The van der Waals surface area contributed by atoms with E-state index in [0.29, 0.717) is 0 Å². The first kappa shape index (κ1) is 19.5. The molecule has 0 unspecified atom stereocenters. The molecular formula is C12H18N6O6. The van der Waals surface area contributed by atoms with Crippen LogP contribution in [0.3, 0.4) is 0 Å². The second kappa shape index (κ2) is 9.57. The molecule has 0 saturated carbocycles. The van der Waals surface area contributed by atoms with Crippen molar-refractivity contribution in [3.63, 3.8) is 0 Å². The summed E-state index contributed by atoms with van der Waals surface area (Å²) in [6, 6.07) is -4.07.